The molecule has 0 unspecified atom stereocenters. The molecule has 9 heteroatoms. The topological polar surface area (TPSA) is 96.1 Å². The van der Waals surface area contributed by atoms with Crippen molar-refractivity contribution in [2.75, 3.05) is 59.4 Å². The zero-order valence-corrected chi connectivity index (χ0v) is 17.9. The highest BCUT2D eigenvalue weighted by Crippen LogP contribution is 2.41. The maximum Gasteiger partial charge on any atom is 0.350 e. The van der Waals surface area contributed by atoms with Crippen LogP contribution in [-0.4, -0.2) is 69.5 Å². The molecule has 0 atom stereocenters. The molecule has 2 aromatic heterocycles. The number of thiophene rings is 1. The number of nitrogens with two attached hydrogens (primary N) is 1. The number of methoxy groups -OCH3 is 2. The summed E-state index contributed by atoms with van der Waals surface area (Å²) in [5.74, 6) is 0.821. The first-order chi connectivity index (χ1) is 14.6. The number of morpholine rings is 1. The van der Waals surface area contributed by atoms with Crippen LogP contribution in [0.1, 0.15) is 16.1 Å². The highest BCUT2D eigenvalue weighted by molar-refractivity contribution is 7.22. The van der Waals surface area contributed by atoms with E-state index in [-0.39, 0.29) is 0 Å². The molecule has 0 radical (unpaired) electrons. The van der Waals surface area contributed by atoms with Gasteiger partial charge in [0.25, 0.3) is 0 Å². The van der Waals surface area contributed by atoms with E-state index < -0.39 is 5.97 Å². The van der Waals surface area contributed by atoms with Gasteiger partial charge < -0.3 is 24.7 Å². The number of carbonyl (C=O) groups is 1. The van der Waals surface area contributed by atoms with Gasteiger partial charge in [-0.1, -0.05) is 0 Å². The minimum Gasteiger partial charge on any atom is -0.493 e. The summed E-state index contributed by atoms with van der Waals surface area (Å²) in [4.78, 5) is 19.3. The summed E-state index contributed by atoms with van der Waals surface area (Å²) in [6.45, 7) is 5.05. The number of hydrogen-bond donors (Lipinski definition) is 1. The Morgan fingerprint density at radius 2 is 2.03 bits per heavy atom. The number of nitrogens with zero attached hydrogens (tertiary/aromatic N) is 2. The number of nitrogen functional groups attached to an aromatic ring is 1. The summed E-state index contributed by atoms with van der Waals surface area (Å²) < 4.78 is 22.7. The fourth-order valence-electron chi connectivity index (χ4n) is 3.57. The van der Waals surface area contributed by atoms with Gasteiger partial charge in [-0.3, -0.25) is 9.88 Å². The van der Waals surface area contributed by atoms with Gasteiger partial charge in [-0.15, -0.1) is 11.3 Å². The Hall–Kier alpha value is -2.62. The molecule has 3 heterocycles. The highest BCUT2D eigenvalue weighted by atomic mass is 32.1. The largest absolute Gasteiger partial charge is 0.493 e. The van der Waals surface area contributed by atoms with Crippen molar-refractivity contribution in [1.29, 1.82) is 0 Å². The molecule has 0 saturated carbocycles. The van der Waals surface area contributed by atoms with Crippen molar-refractivity contribution in [3.8, 4) is 11.5 Å². The minimum absolute atomic E-state index is 0.380. The number of rotatable bonds is 7. The van der Waals surface area contributed by atoms with Crippen molar-refractivity contribution >= 4 is 44.0 Å². The summed E-state index contributed by atoms with van der Waals surface area (Å²) in [5.41, 5.74) is 7.31. The predicted octanol–water partition coefficient (Wildman–Crippen LogP) is 2.93. The molecular weight excluding hydrogens is 406 g/mol. The van der Waals surface area contributed by atoms with Gasteiger partial charge in [0.05, 0.1) is 45.2 Å². The molecule has 0 aliphatic carbocycles. The Balaban J connectivity index is 1.60. The van der Waals surface area contributed by atoms with E-state index in [2.05, 4.69) is 9.88 Å². The lowest BCUT2D eigenvalue weighted by molar-refractivity contribution is 0.0357. The molecule has 160 valence electrons. The third-order valence-corrected chi connectivity index (χ3v) is 6.43. The second kappa shape index (κ2) is 9.03. The van der Waals surface area contributed by atoms with E-state index in [9.17, 15) is 4.79 Å². The van der Waals surface area contributed by atoms with Gasteiger partial charge in [0.15, 0.2) is 11.5 Å². The molecule has 1 aliphatic rings. The maximum atomic E-state index is 12.0. The van der Waals surface area contributed by atoms with Gasteiger partial charge in [0.1, 0.15) is 4.88 Å². The smallest absolute Gasteiger partial charge is 0.350 e. The van der Waals surface area contributed by atoms with Crippen LogP contribution >= 0.6 is 11.3 Å². The first-order valence-corrected chi connectivity index (χ1v) is 10.6. The standard InChI is InChI=1S/C21H25N3O5S/c1-26-16-11-15-13(10-17(16)29-7-3-4-24-5-8-28-9-6-24)19-14(12-23-15)18(22)20(30-19)21(25)27-2/h10-12H,3-9,22H2,1-2H3. The van der Waals surface area contributed by atoms with Crippen LogP contribution in [0.3, 0.4) is 0 Å². The molecule has 8 nitrogen and oxygen atoms in total. The third kappa shape index (κ3) is 4.00. The Morgan fingerprint density at radius 1 is 1.23 bits per heavy atom. The zero-order chi connectivity index (χ0) is 21.1. The number of hydrogen-bond acceptors (Lipinski definition) is 9. The first kappa shape index (κ1) is 20.6. The van der Waals surface area contributed by atoms with E-state index in [0.29, 0.717) is 28.7 Å². The number of esters is 1. The third-order valence-electron chi connectivity index (χ3n) is 5.19. The van der Waals surface area contributed by atoms with Crippen molar-refractivity contribution in [3.05, 3.63) is 23.2 Å². The number of ether oxygens (including phenoxy) is 4. The number of anilines is 1. The lowest BCUT2D eigenvalue weighted by Gasteiger charge is -2.26. The zero-order valence-electron chi connectivity index (χ0n) is 17.1. The van der Waals surface area contributed by atoms with Crippen molar-refractivity contribution < 1.29 is 23.7 Å². The number of pyridine rings is 1. The van der Waals surface area contributed by atoms with Gasteiger partial charge in [-0.25, -0.2) is 4.79 Å². The van der Waals surface area contributed by atoms with Gasteiger partial charge in [0, 0.05) is 47.4 Å². The molecule has 0 spiro atoms. The van der Waals surface area contributed by atoms with Gasteiger partial charge in [0.2, 0.25) is 0 Å². The second-order valence-electron chi connectivity index (χ2n) is 7.01. The number of aromatic nitrogens is 1. The van der Waals surface area contributed by atoms with Crippen molar-refractivity contribution in [2.45, 2.75) is 6.42 Å². The average Bonchev–Trinajstić information content (AvgIpc) is 3.13. The van der Waals surface area contributed by atoms with Crippen molar-refractivity contribution in [2.24, 2.45) is 0 Å². The molecule has 0 amide bonds. The van der Waals surface area contributed by atoms with E-state index in [1.807, 2.05) is 12.1 Å². The Morgan fingerprint density at radius 3 is 2.77 bits per heavy atom. The summed E-state index contributed by atoms with van der Waals surface area (Å²) in [6, 6.07) is 3.76. The van der Waals surface area contributed by atoms with Crippen LogP contribution in [0.5, 0.6) is 11.5 Å². The second-order valence-corrected chi connectivity index (χ2v) is 8.03. The fourth-order valence-corrected chi connectivity index (χ4v) is 4.71. The van der Waals surface area contributed by atoms with E-state index in [4.69, 9.17) is 24.7 Å². The van der Waals surface area contributed by atoms with Gasteiger partial charge in [-0.2, -0.15) is 0 Å². The summed E-state index contributed by atoms with van der Waals surface area (Å²) in [7, 11) is 2.95. The molecule has 1 fully saturated rings. The van der Waals surface area contributed by atoms with Crippen LogP contribution in [0.2, 0.25) is 0 Å². The van der Waals surface area contributed by atoms with Gasteiger partial charge in [-0.05, 0) is 12.5 Å². The molecule has 1 aliphatic heterocycles. The molecule has 30 heavy (non-hydrogen) atoms. The van der Waals surface area contributed by atoms with Crippen LogP contribution in [0, 0.1) is 0 Å². The fraction of sp³-hybridized carbons (Fsp3) is 0.429. The van der Waals surface area contributed by atoms with E-state index in [1.54, 1.807) is 13.3 Å². The Kier molecular flexibility index (Phi) is 6.21. The average molecular weight is 432 g/mol. The maximum absolute atomic E-state index is 12.0. The molecule has 1 aromatic carbocycles. The predicted molar refractivity (Wildman–Crippen MR) is 117 cm³/mol. The summed E-state index contributed by atoms with van der Waals surface area (Å²) >= 11 is 1.30. The monoisotopic (exact) mass is 431 g/mol. The van der Waals surface area contributed by atoms with E-state index in [0.717, 1.165) is 60.3 Å². The van der Waals surface area contributed by atoms with E-state index >= 15 is 0 Å². The van der Waals surface area contributed by atoms with Crippen LogP contribution in [0.25, 0.3) is 21.0 Å². The minimum atomic E-state index is -0.449. The molecule has 4 rings (SSSR count). The normalized spacial score (nSPS) is 14.9. The molecule has 1 saturated heterocycles. The van der Waals surface area contributed by atoms with Crippen molar-refractivity contribution in [1.82, 2.24) is 9.88 Å². The number of benzene rings is 1. The Bertz CT molecular complexity index is 1060. The lowest BCUT2D eigenvalue weighted by Crippen LogP contribution is -2.37. The SMILES string of the molecule is COC(=O)c1sc2c(cnc3cc(OC)c(OCCCN4CCOCC4)cc32)c1N. The number of carbonyl (C=O) groups excluding carboxylic acids is 1. The molecule has 2 N–H and O–H groups in total. The molecule has 0 bridgehead atoms. The van der Waals surface area contributed by atoms with Crippen LogP contribution in [-0.2, 0) is 9.47 Å². The van der Waals surface area contributed by atoms with Crippen LogP contribution in [0.15, 0.2) is 18.3 Å². The molecule has 3 aromatic rings. The molecular formula is C21H25N3O5S. The highest BCUT2D eigenvalue weighted by Gasteiger charge is 2.20. The van der Waals surface area contributed by atoms with Crippen LogP contribution < -0.4 is 15.2 Å². The Labute approximate surface area is 178 Å². The summed E-state index contributed by atoms with van der Waals surface area (Å²) in [5, 5.41) is 1.60. The lowest BCUT2D eigenvalue weighted by atomic mass is 10.1. The quantitative estimate of drug-likeness (QED) is 0.451. The van der Waals surface area contributed by atoms with Gasteiger partial charge >= 0.3 is 5.97 Å². The van der Waals surface area contributed by atoms with Crippen molar-refractivity contribution in [3.63, 3.8) is 0 Å². The number of fused-ring (bicyclic) bond motifs is 3. The summed E-state index contributed by atoms with van der Waals surface area (Å²) in [6.07, 6.45) is 2.58. The first-order valence-electron chi connectivity index (χ1n) is 9.82. The van der Waals surface area contributed by atoms with E-state index in [1.165, 1.54) is 18.4 Å². The van der Waals surface area contributed by atoms with Crippen LogP contribution in [0.4, 0.5) is 5.69 Å².